The van der Waals surface area contributed by atoms with Gasteiger partial charge in [0.1, 0.15) is 11.2 Å². The number of benzene rings is 8. The highest BCUT2D eigenvalue weighted by Gasteiger charge is 2.17. The van der Waals surface area contributed by atoms with Gasteiger partial charge in [0, 0.05) is 44.5 Å². The molecule has 0 saturated heterocycles. The van der Waals surface area contributed by atoms with Crippen molar-refractivity contribution in [2.75, 3.05) is 4.90 Å². The molecule has 0 saturated carbocycles. The lowest BCUT2D eigenvalue weighted by Crippen LogP contribution is -2.09. The summed E-state index contributed by atoms with van der Waals surface area (Å²) in [6.07, 6.45) is 0. The molecule has 2 aromatic heterocycles. The number of rotatable bonds is 8. The van der Waals surface area contributed by atoms with Gasteiger partial charge in [0.05, 0.1) is 0 Å². The molecule has 0 aliphatic rings. The molecule has 0 aliphatic heterocycles. The van der Waals surface area contributed by atoms with Crippen LogP contribution in [-0.2, 0) is 0 Å². The molecule has 5 heteroatoms. The van der Waals surface area contributed by atoms with Crippen molar-refractivity contribution in [3.05, 3.63) is 206 Å². The predicted molar refractivity (Wildman–Crippen MR) is 229 cm³/mol. The van der Waals surface area contributed by atoms with E-state index in [-0.39, 0.29) is 0 Å². The second-order valence-corrected chi connectivity index (χ2v) is 13.7. The van der Waals surface area contributed by atoms with E-state index in [1.54, 1.807) is 0 Å². The zero-order valence-corrected chi connectivity index (χ0v) is 30.3. The van der Waals surface area contributed by atoms with Gasteiger partial charge in [0.25, 0.3) is 0 Å². The van der Waals surface area contributed by atoms with Gasteiger partial charge in [-0.2, -0.15) is 0 Å². The average molecular weight is 719 g/mol. The summed E-state index contributed by atoms with van der Waals surface area (Å²) in [6, 6.07) is 71.2. The Morgan fingerprint density at radius 2 is 0.750 bits per heavy atom. The molecule has 0 spiro atoms. The minimum atomic E-state index is 0.595. The molecule has 264 valence electrons. The van der Waals surface area contributed by atoms with E-state index in [1.165, 1.54) is 11.1 Å². The Labute approximate surface area is 324 Å². The fraction of sp³-hybridized carbons (Fsp3) is 0. The lowest BCUT2D eigenvalue weighted by atomic mass is 10.0. The highest BCUT2D eigenvalue weighted by molar-refractivity contribution is 6.07. The number of para-hydroxylation sites is 1. The summed E-state index contributed by atoms with van der Waals surface area (Å²) in [4.78, 5) is 17.0. The van der Waals surface area contributed by atoms with E-state index in [9.17, 15) is 0 Å². The minimum Gasteiger partial charge on any atom is -0.456 e. The van der Waals surface area contributed by atoms with Gasteiger partial charge in [-0.15, -0.1) is 0 Å². The Bertz CT molecular complexity index is 2890. The van der Waals surface area contributed by atoms with E-state index >= 15 is 0 Å². The molecular formula is C51H34N4O. The quantitative estimate of drug-likeness (QED) is 0.157. The topological polar surface area (TPSA) is 55.1 Å². The van der Waals surface area contributed by atoms with Crippen molar-refractivity contribution in [2.24, 2.45) is 0 Å². The SMILES string of the molecule is c1ccc(-c2cccc(N(c3ccccc3)c3ccc(-c4ccc5oc6cc(-c7nc(-c8ccccc8)nc(-c8ccccc8)n7)ccc6c5c4)cc3)c2)cc1. The van der Waals surface area contributed by atoms with E-state index in [4.69, 9.17) is 19.4 Å². The molecule has 2 heterocycles. The molecule has 0 bridgehead atoms. The number of hydrogen-bond acceptors (Lipinski definition) is 5. The van der Waals surface area contributed by atoms with Crippen LogP contribution >= 0.6 is 0 Å². The first-order valence-corrected chi connectivity index (χ1v) is 18.7. The third-order valence-electron chi connectivity index (χ3n) is 10.1. The normalized spacial score (nSPS) is 11.2. The molecular weight excluding hydrogens is 685 g/mol. The summed E-state index contributed by atoms with van der Waals surface area (Å²) in [5, 5.41) is 2.10. The third kappa shape index (κ3) is 6.37. The molecule has 0 radical (unpaired) electrons. The summed E-state index contributed by atoms with van der Waals surface area (Å²) in [5.74, 6) is 1.85. The van der Waals surface area contributed by atoms with E-state index < -0.39 is 0 Å². The molecule has 10 aromatic rings. The summed E-state index contributed by atoms with van der Waals surface area (Å²) >= 11 is 0. The lowest BCUT2D eigenvalue weighted by molar-refractivity contribution is 0.669. The van der Waals surface area contributed by atoms with Crippen LogP contribution < -0.4 is 4.90 Å². The Morgan fingerprint density at radius 1 is 0.286 bits per heavy atom. The number of furan rings is 1. The summed E-state index contributed by atoms with van der Waals surface area (Å²) in [7, 11) is 0. The third-order valence-corrected chi connectivity index (χ3v) is 10.1. The summed E-state index contributed by atoms with van der Waals surface area (Å²) < 4.78 is 6.45. The molecule has 0 amide bonds. The van der Waals surface area contributed by atoms with Crippen LogP contribution in [0.3, 0.4) is 0 Å². The molecule has 0 N–H and O–H groups in total. The summed E-state index contributed by atoms with van der Waals surface area (Å²) in [6.45, 7) is 0. The molecule has 0 unspecified atom stereocenters. The van der Waals surface area contributed by atoms with Gasteiger partial charge in [-0.3, -0.25) is 0 Å². The van der Waals surface area contributed by atoms with E-state index in [2.05, 4.69) is 144 Å². The number of anilines is 3. The highest BCUT2D eigenvalue weighted by Crippen LogP contribution is 2.39. The monoisotopic (exact) mass is 718 g/mol. The first-order chi connectivity index (χ1) is 27.7. The smallest absolute Gasteiger partial charge is 0.164 e. The summed E-state index contributed by atoms with van der Waals surface area (Å²) in [5.41, 5.74) is 12.2. The van der Waals surface area contributed by atoms with Crippen LogP contribution in [-0.4, -0.2) is 15.0 Å². The van der Waals surface area contributed by atoms with Crippen LogP contribution in [0.25, 0.3) is 78.4 Å². The van der Waals surface area contributed by atoms with Crippen molar-refractivity contribution in [1.82, 2.24) is 15.0 Å². The maximum Gasteiger partial charge on any atom is 0.164 e. The fourth-order valence-corrected chi connectivity index (χ4v) is 7.32. The van der Waals surface area contributed by atoms with Crippen molar-refractivity contribution in [1.29, 1.82) is 0 Å². The lowest BCUT2D eigenvalue weighted by Gasteiger charge is -2.26. The predicted octanol–water partition coefficient (Wildman–Crippen LogP) is 13.6. The van der Waals surface area contributed by atoms with Crippen LogP contribution in [0.5, 0.6) is 0 Å². The fourth-order valence-electron chi connectivity index (χ4n) is 7.32. The Hall–Kier alpha value is -7.63. The molecule has 0 fully saturated rings. The zero-order chi connectivity index (χ0) is 37.3. The number of aromatic nitrogens is 3. The maximum atomic E-state index is 6.45. The molecule has 0 aliphatic carbocycles. The largest absolute Gasteiger partial charge is 0.456 e. The Kier molecular flexibility index (Phi) is 8.43. The second-order valence-electron chi connectivity index (χ2n) is 13.7. The molecule has 10 rings (SSSR count). The Morgan fingerprint density at radius 3 is 1.39 bits per heavy atom. The number of hydrogen-bond donors (Lipinski definition) is 0. The van der Waals surface area contributed by atoms with Crippen LogP contribution in [0.1, 0.15) is 0 Å². The van der Waals surface area contributed by atoms with Gasteiger partial charge < -0.3 is 9.32 Å². The van der Waals surface area contributed by atoms with Gasteiger partial charge in [-0.25, -0.2) is 15.0 Å². The van der Waals surface area contributed by atoms with E-state index in [1.807, 2.05) is 66.7 Å². The molecule has 0 atom stereocenters. The first kappa shape index (κ1) is 33.0. The molecule has 56 heavy (non-hydrogen) atoms. The number of fused-ring (bicyclic) bond motifs is 3. The standard InChI is InChI=1S/C51H34N4O/c1-5-14-35(15-6-1)39-20-13-23-44(32-39)55(42-21-11-4-12-22-42)43-28-24-36(25-29-43)40-27-31-47-46(33-40)45-30-26-41(34-48(45)56-47)51-53-49(37-16-7-2-8-17-37)52-50(54-51)38-18-9-3-10-19-38/h1-34H. The zero-order valence-electron chi connectivity index (χ0n) is 30.3. The van der Waals surface area contributed by atoms with Crippen molar-refractivity contribution >= 4 is 39.0 Å². The first-order valence-electron chi connectivity index (χ1n) is 18.7. The average Bonchev–Trinajstić information content (AvgIpc) is 3.65. The van der Waals surface area contributed by atoms with E-state index in [0.29, 0.717) is 17.5 Å². The van der Waals surface area contributed by atoms with Gasteiger partial charge in [-0.1, -0.05) is 146 Å². The van der Waals surface area contributed by atoms with Crippen LogP contribution in [0, 0.1) is 0 Å². The van der Waals surface area contributed by atoms with E-state index in [0.717, 1.165) is 66.8 Å². The number of nitrogens with zero attached hydrogens (tertiary/aromatic N) is 4. The van der Waals surface area contributed by atoms with Crippen molar-refractivity contribution in [3.8, 4) is 56.4 Å². The van der Waals surface area contributed by atoms with Crippen LogP contribution in [0.2, 0.25) is 0 Å². The van der Waals surface area contributed by atoms with Gasteiger partial charge in [0.15, 0.2) is 17.5 Å². The van der Waals surface area contributed by atoms with Crippen LogP contribution in [0.4, 0.5) is 17.1 Å². The van der Waals surface area contributed by atoms with Gasteiger partial charge in [0.2, 0.25) is 0 Å². The van der Waals surface area contributed by atoms with Crippen LogP contribution in [0.15, 0.2) is 211 Å². The van der Waals surface area contributed by atoms with Crippen molar-refractivity contribution in [3.63, 3.8) is 0 Å². The minimum absolute atomic E-state index is 0.595. The molecule has 5 nitrogen and oxygen atoms in total. The molecule has 8 aromatic carbocycles. The highest BCUT2D eigenvalue weighted by atomic mass is 16.3. The van der Waals surface area contributed by atoms with Crippen molar-refractivity contribution < 1.29 is 4.42 Å². The Balaban J connectivity index is 0.993. The van der Waals surface area contributed by atoms with Gasteiger partial charge >= 0.3 is 0 Å². The maximum absolute atomic E-state index is 6.45. The van der Waals surface area contributed by atoms with Crippen molar-refractivity contribution in [2.45, 2.75) is 0 Å². The van der Waals surface area contributed by atoms with Gasteiger partial charge in [-0.05, 0) is 82.9 Å². The second kappa shape index (κ2) is 14.3.